The predicted molar refractivity (Wildman–Crippen MR) is 91.6 cm³/mol. The van der Waals surface area contributed by atoms with Crippen molar-refractivity contribution in [1.29, 1.82) is 0 Å². The third-order valence-electron chi connectivity index (χ3n) is 0. The first-order valence-electron chi connectivity index (χ1n) is 6.73. The van der Waals surface area contributed by atoms with E-state index in [1.165, 1.54) is 20.5 Å². The quantitative estimate of drug-likeness (QED) is 0.463. The summed E-state index contributed by atoms with van der Waals surface area (Å²) in [5, 5.41) is 0. The van der Waals surface area contributed by atoms with Crippen LogP contribution in [-0.4, -0.2) is 23.5 Å². The van der Waals surface area contributed by atoms with Crippen LogP contribution in [-0.2, 0) is 0 Å². The normalized spacial score (nSPS) is 2.81. The lowest BCUT2D eigenvalue weighted by atomic mass is 10.2. The molecule has 0 aromatic heterocycles. The standard InChI is InChI=1S/5C2H6.3CH3B/c8*1-2/h5*1-2H3;3*1H3. The first-order chi connectivity index (χ1) is 8.00. The summed E-state index contributed by atoms with van der Waals surface area (Å²) in [6.45, 7) is 24.5. The van der Waals surface area contributed by atoms with Crippen LogP contribution in [0.15, 0.2) is 0 Å². The summed E-state index contributed by atoms with van der Waals surface area (Å²) in [6.07, 6.45) is 0. The van der Waals surface area contributed by atoms with Crippen LogP contribution < -0.4 is 0 Å². The molecule has 16 heavy (non-hydrogen) atoms. The average molecular weight is 228 g/mol. The fourth-order valence-electron chi connectivity index (χ4n) is 0. The summed E-state index contributed by atoms with van der Waals surface area (Å²) < 4.78 is 0. The smallest absolute Gasteiger partial charge is 0.0606 e. The van der Waals surface area contributed by atoms with E-state index in [1.807, 2.05) is 69.2 Å². The molecule has 0 heterocycles. The summed E-state index contributed by atoms with van der Waals surface area (Å²) >= 11 is 0. The Morgan fingerprint density at radius 2 is 0.250 bits per heavy atom. The zero-order chi connectivity index (χ0) is 16.0. The van der Waals surface area contributed by atoms with Crippen molar-refractivity contribution in [2.24, 2.45) is 0 Å². The van der Waals surface area contributed by atoms with Gasteiger partial charge in [-0.3, -0.25) is 0 Å². The van der Waals surface area contributed by atoms with Gasteiger partial charge in [0.2, 0.25) is 0 Å². The van der Waals surface area contributed by atoms with Gasteiger partial charge < -0.3 is 0 Å². The van der Waals surface area contributed by atoms with Gasteiger partial charge in [0.05, 0.1) is 23.5 Å². The SMILES string of the molecule is CC.CC.CC.CC.CC.[B]C.[B]C.[B]C. The first-order valence-corrected chi connectivity index (χ1v) is 6.73. The molecule has 0 amide bonds. The lowest BCUT2D eigenvalue weighted by Crippen LogP contribution is -1.13. The molecule has 0 rings (SSSR count). The molecule has 0 spiro atoms. The lowest BCUT2D eigenvalue weighted by molar-refractivity contribution is 1.50. The second-order valence-corrected chi connectivity index (χ2v) is 0. The molecule has 6 radical (unpaired) electrons. The second kappa shape index (κ2) is 80700. The van der Waals surface area contributed by atoms with Crippen LogP contribution in [0, 0.1) is 0 Å². The van der Waals surface area contributed by atoms with Crippen molar-refractivity contribution in [1.82, 2.24) is 0 Å². The molecule has 0 fully saturated rings. The maximum absolute atomic E-state index is 4.50. The summed E-state index contributed by atoms with van der Waals surface area (Å²) in [6, 6.07) is 0. The predicted octanol–water partition coefficient (Wildman–Crippen LogP) is 5.74. The molecular weight excluding hydrogens is 189 g/mol. The third kappa shape index (κ3) is 65100. The monoisotopic (exact) mass is 228 g/mol. The molecule has 0 atom stereocenters. The van der Waals surface area contributed by atoms with Crippen molar-refractivity contribution in [2.45, 2.75) is 89.7 Å². The van der Waals surface area contributed by atoms with E-state index in [9.17, 15) is 0 Å². The molecule has 3 heteroatoms. The topological polar surface area (TPSA) is 0 Å². The zero-order valence-electron chi connectivity index (χ0n) is 14.7. The highest BCUT2D eigenvalue weighted by Gasteiger charge is 0.989. The largest absolute Gasteiger partial charge is 0.0999 e. The molecule has 0 aliphatic carbocycles. The number of rotatable bonds is 0. The van der Waals surface area contributed by atoms with Gasteiger partial charge in [-0.15, -0.1) is 0 Å². The number of hydrogen-bond donors (Lipinski definition) is 0. The van der Waals surface area contributed by atoms with Crippen molar-refractivity contribution in [2.75, 3.05) is 0 Å². The molecule has 0 aliphatic heterocycles. The van der Waals surface area contributed by atoms with E-state index < -0.39 is 0 Å². The molecule has 0 nitrogen and oxygen atoms in total. The van der Waals surface area contributed by atoms with Gasteiger partial charge in [0.1, 0.15) is 0 Å². The third-order valence-corrected chi connectivity index (χ3v) is 0. The summed E-state index contributed by atoms with van der Waals surface area (Å²) in [4.78, 5) is 0. The summed E-state index contributed by atoms with van der Waals surface area (Å²) in [5.41, 5.74) is 0. The summed E-state index contributed by atoms with van der Waals surface area (Å²) in [7, 11) is 13.5. The van der Waals surface area contributed by atoms with E-state index in [-0.39, 0.29) is 0 Å². The van der Waals surface area contributed by atoms with Crippen LogP contribution in [0.1, 0.15) is 69.2 Å². The van der Waals surface area contributed by atoms with Crippen LogP contribution in [0.5, 0.6) is 0 Å². The minimum absolute atomic E-state index is 1.50. The van der Waals surface area contributed by atoms with Crippen LogP contribution in [0.2, 0.25) is 20.5 Å². The van der Waals surface area contributed by atoms with E-state index in [1.54, 1.807) is 0 Å². The highest BCUT2D eigenvalue weighted by molar-refractivity contribution is 6.05. The van der Waals surface area contributed by atoms with Gasteiger partial charge in [-0.05, 0) is 0 Å². The van der Waals surface area contributed by atoms with Gasteiger partial charge in [0, 0.05) is 0 Å². The Labute approximate surface area is 114 Å². The molecule has 0 aliphatic rings. The van der Waals surface area contributed by atoms with Crippen molar-refractivity contribution in [3.8, 4) is 0 Å². The highest BCUT2D eigenvalue weighted by Crippen LogP contribution is 1.15. The molecule has 0 unspecified atom stereocenters. The fraction of sp³-hybridized carbons (Fsp3) is 1.00. The average Bonchev–Trinajstić information content (AvgIpc) is 2.54. The van der Waals surface area contributed by atoms with Crippen LogP contribution >= 0.6 is 0 Å². The Morgan fingerprint density at radius 3 is 0.250 bits per heavy atom. The van der Waals surface area contributed by atoms with Gasteiger partial charge in [-0.25, -0.2) is 0 Å². The minimum atomic E-state index is 1.50. The Morgan fingerprint density at radius 1 is 0.250 bits per heavy atom. The Bertz CT molecular complexity index is 11.1. The maximum Gasteiger partial charge on any atom is 0.0606 e. The Balaban J connectivity index is -0.00000000762. The van der Waals surface area contributed by atoms with Gasteiger partial charge in [-0.1, -0.05) is 89.7 Å². The van der Waals surface area contributed by atoms with E-state index in [0.717, 1.165) is 0 Å². The van der Waals surface area contributed by atoms with Crippen molar-refractivity contribution >= 4 is 23.5 Å². The molecule has 100 valence electrons. The van der Waals surface area contributed by atoms with Crippen molar-refractivity contribution in [3.05, 3.63) is 0 Å². The molecule has 0 aromatic rings. The van der Waals surface area contributed by atoms with Gasteiger partial charge >= 0.3 is 0 Å². The van der Waals surface area contributed by atoms with E-state index in [2.05, 4.69) is 23.5 Å². The van der Waals surface area contributed by atoms with Crippen molar-refractivity contribution < 1.29 is 0 Å². The summed E-state index contributed by atoms with van der Waals surface area (Å²) in [5.74, 6) is 0. The first kappa shape index (κ1) is 55.7. The molecule has 0 saturated heterocycles. The van der Waals surface area contributed by atoms with E-state index >= 15 is 0 Å². The molecule has 0 bridgehead atoms. The molecule has 0 N–H and O–H groups in total. The van der Waals surface area contributed by atoms with Gasteiger partial charge in [0.25, 0.3) is 0 Å². The van der Waals surface area contributed by atoms with Crippen molar-refractivity contribution in [3.63, 3.8) is 0 Å². The Hall–Kier alpha value is 0.195. The maximum atomic E-state index is 4.50. The highest BCUT2D eigenvalue weighted by atomic mass is 13.0. The van der Waals surface area contributed by atoms with Crippen LogP contribution in [0.4, 0.5) is 0 Å². The van der Waals surface area contributed by atoms with Gasteiger partial charge in [0.15, 0.2) is 0 Å². The van der Waals surface area contributed by atoms with Crippen LogP contribution in [0.25, 0.3) is 0 Å². The van der Waals surface area contributed by atoms with E-state index in [0.29, 0.717) is 0 Å². The lowest BCUT2D eigenvalue weighted by Gasteiger charge is -1.07. The molecule has 0 saturated carbocycles. The number of hydrogen-bond acceptors (Lipinski definition) is 0. The van der Waals surface area contributed by atoms with E-state index in [4.69, 9.17) is 0 Å². The molecular formula is C13H39B3. The van der Waals surface area contributed by atoms with Crippen LogP contribution in [0.3, 0.4) is 0 Å². The fourth-order valence-corrected chi connectivity index (χ4v) is 0. The minimum Gasteiger partial charge on any atom is -0.0999 e. The zero-order valence-corrected chi connectivity index (χ0v) is 14.7. The molecule has 0 aromatic carbocycles. The van der Waals surface area contributed by atoms with Gasteiger partial charge in [-0.2, -0.15) is 0 Å². The second-order valence-electron chi connectivity index (χ2n) is 0. The Kier molecular flexibility index (Phi) is 281000.